The van der Waals surface area contributed by atoms with Gasteiger partial charge in [0.15, 0.2) is 6.61 Å². The van der Waals surface area contributed by atoms with E-state index in [1.807, 2.05) is 48.5 Å². The molecule has 1 aromatic heterocycles. The summed E-state index contributed by atoms with van der Waals surface area (Å²) in [4.78, 5) is 4.10. The van der Waals surface area contributed by atoms with Crippen LogP contribution in [-0.4, -0.2) is 21.9 Å². The first kappa shape index (κ1) is 17.0. The van der Waals surface area contributed by atoms with Gasteiger partial charge in [-0.1, -0.05) is 29.4 Å². The van der Waals surface area contributed by atoms with Gasteiger partial charge in [-0.15, -0.1) is 0 Å². The van der Waals surface area contributed by atoms with Gasteiger partial charge < -0.3 is 19.7 Å². The SMILES string of the molecule is Cc1nc(COc2ccc(CNc3ccc(CCO)cc3)cc2)no1. The van der Waals surface area contributed by atoms with Crippen LogP contribution in [-0.2, 0) is 19.6 Å². The molecule has 6 heteroatoms. The van der Waals surface area contributed by atoms with E-state index in [0.29, 0.717) is 18.1 Å². The van der Waals surface area contributed by atoms with Gasteiger partial charge in [0, 0.05) is 25.8 Å². The Kier molecular flexibility index (Phi) is 5.64. The molecule has 25 heavy (non-hydrogen) atoms. The summed E-state index contributed by atoms with van der Waals surface area (Å²) >= 11 is 0. The monoisotopic (exact) mass is 339 g/mol. The van der Waals surface area contributed by atoms with Crippen LogP contribution in [0.15, 0.2) is 53.1 Å². The van der Waals surface area contributed by atoms with E-state index in [1.165, 1.54) is 0 Å². The maximum absolute atomic E-state index is 8.93. The minimum atomic E-state index is 0.174. The number of anilines is 1. The van der Waals surface area contributed by atoms with E-state index >= 15 is 0 Å². The Morgan fingerprint density at radius 1 is 1.04 bits per heavy atom. The van der Waals surface area contributed by atoms with E-state index in [9.17, 15) is 0 Å². The molecule has 0 bridgehead atoms. The van der Waals surface area contributed by atoms with Gasteiger partial charge in [0.05, 0.1) is 0 Å². The normalized spacial score (nSPS) is 10.6. The summed E-state index contributed by atoms with van der Waals surface area (Å²) in [5.41, 5.74) is 3.34. The van der Waals surface area contributed by atoms with Crippen LogP contribution in [0.1, 0.15) is 22.8 Å². The average Bonchev–Trinajstić information content (AvgIpc) is 3.06. The van der Waals surface area contributed by atoms with Crippen LogP contribution in [0.4, 0.5) is 5.69 Å². The Balaban J connectivity index is 1.48. The lowest BCUT2D eigenvalue weighted by molar-refractivity contribution is 0.285. The highest BCUT2D eigenvalue weighted by Gasteiger charge is 2.03. The summed E-state index contributed by atoms with van der Waals surface area (Å²) < 4.78 is 10.5. The van der Waals surface area contributed by atoms with Crippen LogP contribution >= 0.6 is 0 Å². The number of aromatic nitrogens is 2. The number of ether oxygens (including phenoxy) is 1. The molecule has 0 saturated heterocycles. The molecule has 2 N–H and O–H groups in total. The zero-order valence-electron chi connectivity index (χ0n) is 14.1. The van der Waals surface area contributed by atoms with Crippen LogP contribution in [0.5, 0.6) is 5.75 Å². The molecule has 0 aliphatic heterocycles. The highest BCUT2D eigenvalue weighted by atomic mass is 16.5. The highest BCUT2D eigenvalue weighted by molar-refractivity contribution is 5.45. The van der Waals surface area contributed by atoms with Gasteiger partial charge in [0.2, 0.25) is 11.7 Å². The predicted octanol–water partition coefficient (Wildman–Crippen LogP) is 3.10. The fraction of sp³-hybridized carbons (Fsp3) is 0.263. The zero-order valence-corrected chi connectivity index (χ0v) is 14.1. The third kappa shape index (κ3) is 5.06. The molecule has 0 aliphatic carbocycles. The van der Waals surface area contributed by atoms with Gasteiger partial charge in [-0.3, -0.25) is 0 Å². The number of hydrogen-bond donors (Lipinski definition) is 2. The van der Waals surface area contributed by atoms with Gasteiger partial charge >= 0.3 is 0 Å². The number of benzene rings is 2. The van der Waals surface area contributed by atoms with Gasteiger partial charge in [-0.05, 0) is 41.8 Å². The molecule has 130 valence electrons. The summed E-state index contributed by atoms with van der Waals surface area (Å²) in [5.74, 6) is 1.83. The number of hydrogen-bond acceptors (Lipinski definition) is 6. The quantitative estimate of drug-likeness (QED) is 0.656. The standard InChI is InChI=1S/C19H21N3O3/c1-14-21-19(22-25-14)13-24-18-8-4-16(5-9-18)12-20-17-6-2-15(3-7-17)10-11-23/h2-9,20,23H,10-13H2,1H3. The summed E-state index contributed by atoms with van der Waals surface area (Å²) in [6, 6.07) is 16.0. The summed E-state index contributed by atoms with van der Waals surface area (Å²) in [6.07, 6.45) is 0.686. The summed E-state index contributed by atoms with van der Waals surface area (Å²) in [5, 5.41) is 16.1. The van der Waals surface area contributed by atoms with Crippen molar-refractivity contribution in [2.75, 3.05) is 11.9 Å². The molecule has 0 unspecified atom stereocenters. The van der Waals surface area contributed by atoms with Crippen LogP contribution in [0.25, 0.3) is 0 Å². The molecular weight excluding hydrogens is 318 g/mol. The third-order valence-corrected chi connectivity index (χ3v) is 3.71. The molecule has 0 fully saturated rings. The maximum atomic E-state index is 8.93. The van der Waals surface area contributed by atoms with E-state index < -0.39 is 0 Å². The minimum absolute atomic E-state index is 0.174. The van der Waals surface area contributed by atoms with Gasteiger partial charge in [0.25, 0.3) is 0 Å². The van der Waals surface area contributed by atoms with E-state index in [2.05, 4.69) is 15.5 Å². The predicted molar refractivity (Wildman–Crippen MR) is 94.4 cm³/mol. The fourth-order valence-electron chi connectivity index (χ4n) is 2.37. The largest absolute Gasteiger partial charge is 0.485 e. The first-order chi connectivity index (χ1) is 12.2. The Hall–Kier alpha value is -2.86. The number of aryl methyl sites for hydroxylation is 1. The molecule has 2 aromatic carbocycles. The molecule has 1 heterocycles. The molecule has 0 aliphatic rings. The lowest BCUT2D eigenvalue weighted by Gasteiger charge is -2.09. The highest BCUT2D eigenvalue weighted by Crippen LogP contribution is 2.16. The van der Waals surface area contributed by atoms with Crippen LogP contribution in [0, 0.1) is 6.92 Å². The number of rotatable bonds is 8. The van der Waals surface area contributed by atoms with E-state index in [4.69, 9.17) is 14.4 Å². The van der Waals surface area contributed by atoms with E-state index in [1.54, 1.807) is 6.92 Å². The van der Waals surface area contributed by atoms with Crippen LogP contribution < -0.4 is 10.1 Å². The molecule has 6 nitrogen and oxygen atoms in total. The Morgan fingerprint density at radius 3 is 2.40 bits per heavy atom. The molecule has 0 amide bonds. The van der Waals surface area contributed by atoms with Crippen molar-refractivity contribution < 1.29 is 14.4 Å². The number of aliphatic hydroxyl groups is 1. The van der Waals surface area contributed by atoms with Crippen molar-refractivity contribution >= 4 is 5.69 Å². The van der Waals surface area contributed by atoms with Crippen LogP contribution in [0.3, 0.4) is 0 Å². The molecule has 0 saturated carbocycles. The summed E-state index contributed by atoms with van der Waals surface area (Å²) in [7, 11) is 0. The second-order valence-electron chi connectivity index (χ2n) is 5.69. The van der Waals surface area contributed by atoms with Crippen LogP contribution in [0.2, 0.25) is 0 Å². The van der Waals surface area contributed by atoms with E-state index in [0.717, 1.165) is 29.1 Å². The van der Waals surface area contributed by atoms with E-state index in [-0.39, 0.29) is 13.2 Å². The topological polar surface area (TPSA) is 80.4 Å². The number of aliphatic hydroxyl groups excluding tert-OH is 1. The lowest BCUT2D eigenvalue weighted by atomic mass is 10.1. The van der Waals surface area contributed by atoms with Crippen molar-refractivity contribution in [3.63, 3.8) is 0 Å². The average molecular weight is 339 g/mol. The van der Waals surface area contributed by atoms with Crippen molar-refractivity contribution in [2.24, 2.45) is 0 Å². The van der Waals surface area contributed by atoms with Gasteiger partial charge in [-0.2, -0.15) is 4.98 Å². The smallest absolute Gasteiger partial charge is 0.223 e. The number of nitrogens with one attached hydrogen (secondary N) is 1. The van der Waals surface area contributed by atoms with Crippen molar-refractivity contribution in [2.45, 2.75) is 26.5 Å². The lowest BCUT2D eigenvalue weighted by Crippen LogP contribution is -2.01. The second kappa shape index (κ2) is 8.30. The van der Waals surface area contributed by atoms with Gasteiger partial charge in [-0.25, -0.2) is 0 Å². The second-order valence-corrected chi connectivity index (χ2v) is 5.69. The van der Waals surface area contributed by atoms with Crippen molar-refractivity contribution in [1.29, 1.82) is 0 Å². The number of nitrogens with zero attached hydrogens (tertiary/aromatic N) is 2. The first-order valence-electron chi connectivity index (χ1n) is 8.17. The first-order valence-corrected chi connectivity index (χ1v) is 8.17. The molecule has 0 atom stereocenters. The van der Waals surface area contributed by atoms with Gasteiger partial charge in [0.1, 0.15) is 5.75 Å². The van der Waals surface area contributed by atoms with Crippen molar-refractivity contribution in [1.82, 2.24) is 10.1 Å². The van der Waals surface area contributed by atoms with Crippen molar-refractivity contribution in [3.8, 4) is 5.75 Å². The molecule has 0 radical (unpaired) electrons. The molecule has 3 rings (SSSR count). The minimum Gasteiger partial charge on any atom is -0.485 e. The molecule has 3 aromatic rings. The molecular formula is C19H21N3O3. The Bertz CT molecular complexity index is 782. The molecule has 0 spiro atoms. The zero-order chi connectivity index (χ0) is 17.5. The fourth-order valence-corrected chi connectivity index (χ4v) is 2.37. The third-order valence-electron chi connectivity index (χ3n) is 3.71. The van der Waals surface area contributed by atoms with Crippen molar-refractivity contribution in [3.05, 3.63) is 71.4 Å². The maximum Gasteiger partial charge on any atom is 0.223 e. The Labute approximate surface area is 146 Å². The summed E-state index contributed by atoms with van der Waals surface area (Å²) in [6.45, 7) is 2.94. The Morgan fingerprint density at radius 2 is 1.76 bits per heavy atom.